The number of methoxy groups -OCH3 is 1. The van der Waals surface area contributed by atoms with Gasteiger partial charge in [0, 0.05) is 5.02 Å². The first-order chi connectivity index (χ1) is 12.4. The molecule has 0 bridgehead atoms. The van der Waals surface area contributed by atoms with Crippen molar-refractivity contribution < 1.29 is 19.1 Å². The topological polar surface area (TPSA) is 75.7 Å². The minimum Gasteiger partial charge on any atom is -0.497 e. The number of fused-ring (bicyclic) bond motifs is 1. The fourth-order valence-electron chi connectivity index (χ4n) is 2.81. The van der Waals surface area contributed by atoms with Crippen LogP contribution in [0.2, 0.25) is 5.02 Å². The Hall–Kier alpha value is -2.86. The molecule has 1 N–H and O–H groups in total. The molecule has 0 aromatic heterocycles. The zero-order valence-corrected chi connectivity index (χ0v) is 15.0. The van der Waals surface area contributed by atoms with Gasteiger partial charge >= 0.3 is 0 Å². The van der Waals surface area contributed by atoms with Crippen molar-refractivity contribution in [3.63, 3.8) is 0 Å². The number of halogens is 1. The van der Waals surface area contributed by atoms with Crippen LogP contribution in [0.25, 0.3) is 0 Å². The molecule has 3 amide bonds. The number of nitrogens with one attached hydrogen (secondary N) is 1. The van der Waals surface area contributed by atoms with E-state index in [1.807, 2.05) is 19.1 Å². The maximum atomic E-state index is 12.5. The molecule has 6 nitrogen and oxygen atoms in total. The number of amides is 3. The third-order valence-electron chi connectivity index (χ3n) is 4.23. The molecule has 26 heavy (non-hydrogen) atoms. The molecule has 0 unspecified atom stereocenters. The summed E-state index contributed by atoms with van der Waals surface area (Å²) in [5.74, 6) is -0.929. The van der Waals surface area contributed by atoms with E-state index in [-0.39, 0.29) is 23.7 Å². The van der Waals surface area contributed by atoms with Gasteiger partial charge in [-0.25, -0.2) is 0 Å². The van der Waals surface area contributed by atoms with Crippen molar-refractivity contribution in [3.8, 4) is 5.75 Å². The highest BCUT2D eigenvalue weighted by atomic mass is 35.5. The van der Waals surface area contributed by atoms with Crippen LogP contribution in [0.5, 0.6) is 5.75 Å². The maximum Gasteiger partial charge on any atom is 0.262 e. The third kappa shape index (κ3) is 3.41. The van der Waals surface area contributed by atoms with Gasteiger partial charge in [-0.05, 0) is 42.8 Å². The second kappa shape index (κ2) is 7.17. The van der Waals surface area contributed by atoms with Gasteiger partial charge in [-0.15, -0.1) is 0 Å². The summed E-state index contributed by atoms with van der Waals surface area (Å²) in [5.41, 5.74) is 1.39. The third-order valence-corrected chi connectivity index (χ3v) is 4.48. The molecule has 1 aliphatic rings. The zero-order chi connectivity index (χ0) is 18.8. The Morgan fingerprint density at radius 2 is 1.77 bits per heavy atom. The molecule has 0 saturated heterocycles. The average Bonchev–Trinajstić information content (AvgIpc) is 2.86. The molecule has 2 aromatic carbocycles. The van der Waals surface area contributed by atoms with Crippen molar-refractivity contribution in [2.75, 3.05) is 13.7 Å². The Kier molecular flexibility index (Phi) is 4.95. The van der Waals surface area contributed by atoms with Gasteiger partial charge in [0.1, 0.15) is 12.3 Å². The molecule has 134 valence electrons. The summed E-state index contributed by atoms with van der Waals surface area (Å²) >= 11 is 5.86. The number of carbonyl (C=O) groups excluding carboxylic acids is 3. The van der Waals surface area contributed by atoms with Crippen LogP contribution < -0.4 is 10.1 Å². The predicted molar refractivity (Wildman–Crippen MR) is 96.4 cm³/mol. The second-order valence-electron chi connectivity index (χ2n) is 5.95. The lowest BCUT2D eigenvalue weighted by Crippen LogP contribution is -2.41. The Bertz CT molecular complexity index is 880. The molecule has 3 rings (SSSR count). The van der Waals surface area contributed by atoms with Gasteiger partial charge in [-0.2, -0.15) is 0 Å². The van der Waals surface area contributed by atoms with Crippen molar-refractivity contribution in [2.45, 2.75) is 13.0 Å². The van der Waals surface area contributed by atoms with E-state index in [0.29, 0.717) is 10.8 Å². The van der Waals surface area contributed by atoms with Crippen LogP contribution in [0.4, 0.5) is 0 Å². The number of carbonyl (C=O) groups is 3. The average molecular weight is 373 g/mol. The first-order valence-corrected chi connectivity index (χ1v) is 8.37. The first kappa shape index (κ1) is 17.9. The van der Waals surface area contributed by atoms with E-state index in [9.17, 15) is 14.4 Å². The summed E-state index contributed by atoms with van der Waals surface area (Å²) in [6, 6.07) is 11.4. The predicted octanol–water partition coefficient (Wildman–Crippen LogP) is 2.82. The van der Waals surface area contributed by atoms with E-state index in [0.717, 1.165) is 10.5 Å². The smallest absolute Gasteiger partial charge is 0.262 e. The number of imide groups is 1. The first-order valence-electron chi connectivity index (χ1n) is 7.99. The lowest BCUT2D eigenvalue weighted by molar-refractivity contribution is -0.122. The fourth-order valence-corrected chi connectivity index (χ4v) is 2.93. The van der Waals surface area contributed by atoms with Gasteiger partial charge in [-0.1, -0.05) is 23.7 Å². The highest BCUT2D eigenvalue weighted by Gasteiger charge is 2.37. The Labute approximate surface area is 155 Å². The van der Waals surface area contributed by atoms with Gasteiger partial charge in [0.25, 0.3) is 11.8 Å². The molecule has 1 heterocycles. The number of hydrogen-bond donors (Lipinski definition) is 1. The van der Waals surface area contributed by atoms with Crippen LogP contribution in [0.3, 0.4) is 0 Å². The second-order valence-corrected chi connectivity index (χ2v) is 6.39. The molecule has 0 saturated carbocycles. The van der Waals surface area contributed by atoms with E-state index in [4.69, 9.17) is 16.3 Å². The van der Waals surface area contributed by atoms with Crippen LogP contribution in [0.15, 0.2) is 42.5 Å². The SMILES string of the molecule is COc1ccc2c(c1)C(=O)N(CC(=O)N[C@@H](C)c1ccc(Cl)cc1)C2=O. The summed E-state index contributed by atoms with van der Waals surface area (Å²) in [4.78, 5) is 38.1. The monoisotopic (exact) mass is 372 g/mol. The molecule has 0 radical (unpaired) electrons. The molecule has 0 aliphatic carbocycles. The number of benzene rings is 2. The number of ether oxygens (including phenoxy) is 1. The van der Waals surface area contributed by atoms with Gasteiger partial charge in [0.05, 0.1) is 24.3 Å². The van der Waals surface area contributed by atoms with E-state index in [1.54, 1.807) is 18.2 Å². The molecule has 1 aliphatic heterocycles. The largest absolute Gasteiger partial charge is 0.497 e. The quantitative estimate of drug-likeness (QED) is 0.819. The summed E-state index contributed by atoms with van der Waals surface area (Å²) in [6.45, 7) is 1.47. The summed E-state index contributed by atoms with van der Waals surface area (Å²) in [7, 11) is 1.48. The van der Waals surface area contributed by atoms with Crippen molar-refractivity contribution in [3.05, 3.63) is 64.2 Å². The van der Waals surface area contributed by atoms with Crippen molar-refractivity contribution in [2.24, 2.45) is 0 Å². The van der Waals surface area contributed by atoms with Crippen molar-refractivity contribution in [1.82, 2.24) is 10.2 Å². The van der Waals surface area contributed by atoms with E-state index < -0.39 is 17.7 Å². The summed E-state index contributed by atoms with van der Waals surface area (Å²) < 4.78 is 5.08. The van der Waals surface area contributed by atoms with Crippen LogP contribution >= 0.6 is 11.6 Å². The van der Waals surface area contributed by atoms with Crippen molar-refractivity contribution in [1.29, 1.82) is 0 Å². The van der Waals surface area contributed by atoms with Crippen LogP contribution in [-0.2, 0) is 4.79 Å². The fraction of sp³-hybridized carbons (Fsp3) is 0.211. The molecular formula is C19H17ClN2O4. The standard InChI is InChI=1S/C19H17ClN2O4/c1-11(12-3-5-13(20)6-4-12)21-17(23)10-22-18(24)15-8-7-14(26-2)9-16(15)19(22)25/h3-9,11H,10H2,1-2H3,(H,21,23)/t11-/m0/s1. The van der Waals surface area contributed by atoms with Crippen LogP contribution in [0.1, 0.15) is 39.2 Å². The minimum absolute atomic E-state index is 0.243. The molecular weight excluding hydrogens is 356 g/mol. The normalized spacial score (nSPS) is 14.2. The van der Waals surface area contributed by atoms with Gasteiger partial charge in [0.2, 0.25) is 5.91 Å². The number of hydrogen-bond acceptors (Lipinski definition) is 4. The Morgan fingerprint density at radius 1 is 1.12 bits per heavy atom. The lowest BCUT2D eigenvalue weighted by Gasteiger charge is -2.18. The summed E-state index contributed by atoms with van der Waals surface area (Å²) in [5, 5.41) is 3.39. The van der Waals surface area contributed by atoms with E-state index in [1.165, 1.54) is 19.2 Å². The number of rotatable bonds is 5. The van der Waals surface area contributed by atoms with Gasteiger partial charge in [0.15, 0.2) is 0 Å². The molecule has 1 atom stereocenters. The van der Waals surface area contributed by atoms with Gasteiger partial charge < -0.3 is 10.1 Å². The molecule has 2 aromatic rings. The number of nitrogens with zero attached hydrogens (tertiary/aromatic N) is 1. The highest BCUT2D eigenvalue weighted by molar-refractivity contribution is 6.30. The Morgan fingerprint density at radius 3 is 2.42 bits per heavy atom. The van der Waals surface area contributed by atoms with E-state index >= 15 is 0 Å². The van der Waals surface area contributed by atoms with Crippen molar-refractivity contribution >= 4 is 29.3 Å². The molecule has 0 fully saturated rings. The van der Waals surface area contributed by atoms with E-state index in [2.05, 4.69) is 5.32 Å². The minimum atomic E-state index is -0.502. The maximum absolute atomic E-state index is 12.5. The molecule has 7 heteroatoms. The zero-order valence-electron chi connectivity index (χ0n) is 14.3. The molecule has 0 spiro atoms. The summed E-state index contributed by atoms with van der Waals surface area (Å²) in [6.07, 6.45) is 0. The lowest BCUT2D eigenvalue weighted by atomic mass is 10.1. The Balaban J connectivity index is 1.69. The van der Waals surface area contributed by atoms with Crippen LogP contribution in [0, 0.1) is 0 Å². The van der Waals surface area contributed by atoms with Crippen LogP contribution in [-0.4, -0.2) is 36.3 Å². The van der Waals surface area contributed by atoms with Gasteiger partial charge in [-0.3, -0.25) is 19.3 Å². The highest BCUT2D eigenvalue weighted by Crippen LogP contribution is 2.26.